The molecule has 0 spiro atoms. The van der Waals surface area contributed by atoms with Crippen molar-refractivity contribution in [2.75, 3.05) is 13.2 Å². The molecular weight excluding hydrogens is 198 g/mol. The zero-order chi connectivity index (χ0) is 11.6. The van der Waals surface area contributed by atoms with Gasteiger partial charge < -0.3 is 10.1 Å². The Morgan fingerprint density at radius 2 is 2.12 bits per heavy atom. The number of hydrogen-bond donors (Lipinski definition) is 1. The lowest BCUT2D eigenvalue weighted by molar-refractivity contribution is 0.364. The molecule has 0 aliphatic rings. The van der Waals surface area contributed by atoms with Crippen LogP contribution < -0.4 is 10.1 Å². The zero-order valence-corrected chi connectivity index (χ0v) is 10.0. The molecule has 0 unspecified atom stereocenters. The summed E-state index contributed by atoms with van der Waals surface area (Å²) >= 11 is 0. The van der Waals surface area contributed by atoms with E-state index in [2.05, 4.69) is 30.1 Å². The van der Waals surface area contributed by atoms with Crippen LogP contribution in [0.1, 0.15) is 25.8 Å². The molecule has 86 valence electrons. The van der Waals surface area contributed by atoms with Gasteiger partial charge in [-0.1, -0.05) is 31.0 Å². The average Bonchev–Trinajstić information content (AvgIpc) is 2.32. The van der Waals surface area contributed by atoms with Crippen molar-refractivity contribution in [2.24, 2.45) is 0 Å². The van der Waals surface area contributed by atoms with Crippen LogP contribution in [0.25, 0.3) is 0 Å². The molecule has 1 N–H and O–H groups in total. The normalized spacial score (nSPS) is 9.38. The number of rotatable bonds is 6. The summed E-state index contributed by atoms with van der Waals surface area (Å²) in [5.41, 5.74) is 1.19. The van der Waals surface area contributed by atoms with E-state index in [1.54, 1.807) is 0 Å². The third-order valence-electron chi connectivity index (χ3n) is 2.19. The molecule has 0 saturated carbocycles. The van der Waals surface area contributed by atoms with Crippen molar-refractivity contribution in [3.63, 3.8) is 0 Å². The Hall–Kier alpha value is -1.46. The summed E-state index contributed by atoms with van der Waals surface area (Å²) in [5.74, 6) is 6.64. The summed E-state index contributed by atoms with van der Waals surface area (Å²) < 4.78 is 5.59. The summed E-state index contributed by atoms with van der Waals surface area (Å²) in [5, 5.41) is 3.37. The fourth-order valence-electron chi connectivity index (χ4n) is 1.38. The van der Waals surface area contributed by atoms with Crippen LogP contribution in [0, 0.1) is 11.8 Å². The Balaban J connectivity index is 2.55. The third kappa shape index (κ3) is 4.37. The SMILES string of the molecule is CC#CCOc1ccccc1CNCCC. The van der Waals surface area contributed by atoms with Crippen molar-refractivity contribution in [1.82, 2.24) is 5.32 Å². The quantitative estimate of drug-likeness (QED) is 0.584. The van der Waals surface area contributed by atoms with Gasteiger partial charge in [-0.3, -0.25) is 0 Å². The minimum atomic E-state index is 0.460. The molecule has 0 aromatic heterocycles. The van der Waals surface area contributed by atoms with E-state index in [-0.39, 0.29) is 0 Å². The number of nitrogens with one attached hydrogen (secondary N) is 1. The standard InChI is InChI=1S/C14H19NO/c1-3-5-11-16-14-9-7-6-8-13(14)12-15-10-4-2/h6-9,15H,4,10-12H2,1-2H3. The van der Waals surface area contributed by atoms with Crippen LogP contribution in [0.5, 0.6) is 5.75 Å². The first-order valence-electron chi connectivity index (χ1n) is 5.69. The molecule has 0 bridgehead atoms. The maximum atomic E-state index is 5.59. The smallest absolute Gasteiger partial charge is 0.149 e. The van der Waals surface area contributed by atoms with E-state index < -0.39 is 0 Å². The molecule has 16 heavy (non-hydrogen) atoms. The van der Waals surface area contributed by atoms with Crippen molar-refractivity contribution < 1.29 is 4.74 Å². The van der Waals surface area contributed by atoms with Gasteiger partial charge >= 0.3 is 0 Å². The van der Waals surface area contributed by atoms with Gasteiger partial charge in [-0.25, -0.2) is 0 Å². The molecule has 0 amide bonds. The molecule has 0 radical (unpaired) electrons. The minimum Gasteiger partial charge on any atom is -0.481 e. The van der Waals surface area contributed by atoms with Crippen molar-refractivity contribution in [3.8, 4) is 17.6 Å². The number of ether oxygens (including phenoxy) is 1. The Kier molecular flexibility index (Phi) is 6.13. The largest absolute Gasteiger partial charge is 0.481 e. The third-order valence-corrected chi connectivity index (χ3v) is 2.19. The highest BCUT2D eigenvalue weighted by molar-refractivity contribution is 5.33. The van der Waals surface area contributed by atoms with E-state index >= 15 is 0 Å². The highest BCUT2D eigenvalue weighted by Crippen LogP contribution is 2.17. The lowest BCUT2D eigenvalue weighted by Gasteiger charge is -2.09. The summed E-state index contributed by atoms with van der Waals surface area (Å²) in [6.07, 6.45) is 1.14. The van der Waals surface area contributed by atoms with Crippen LogP contribution in [-0.2, 0) is 6.54 Å². The zero-order valence-electron chi connectivity index (χ0n) is 10.0. The van der Waals surface area contributed by atoms with E-state index in [1.807, 2.05) is 25.1 Å². The van der Waals surface area contributed by atoms with Gasteiger partial charge in [0, 0.05) is 12.1 Å². The molecule has 0 aliphatic heterocycles. The van der Waals surface area contributed by atoms with Gasteiger partial charge in [0.1, 0.15) is 12.4 Å². The highest BCUT2D eigenvalue weighted by Gasteiger charge is 2.00. The van der Waals surface area contributed by atoms with Crippen LogP contribution in [0.15, 0.2) is 24.3 Å². The van der Waals surface area contributed by atoms with Crippen LogP contribution in [0.3, 0.4) is 0 Å². The van der Waals surface area contributed by atoms with E-state index in [4.69, 9.17) is 4.74 Å². The van der Waals surface area contributed by atoms with Crippen molar-refractivity contribution >= 4 is 0 Å². The van der Waals surface area contributed by atoms with Crippen LogP contribution >= 0.6 is 0 Å². The fourth-order valence-corrected chi connectivity index (χ4v) is 1.38. The van der Waals surface area contributed by atoms with Gasteiger partial charge in [0.25, 0.3) is 0 Å². The molecule has 0 fully saturated rings. The minimum absolute atomic E-state index is 0.460. The van der Waals surface area contributed by atoms with Gasteiger partial charge in [0.15, 0.2) is 0 Å². The highest BCUT2D eigenvalue weighted by atomic mass is 16.5. The molecule has 1 rings (SSSR count). The van der Waals surface area contributed by atoms with Gasteiger partial charge in [0.2, 0.25) is 0 Å². The predicted molar refractivity (Wildman–Crippen MR) is 67.4 cm³/mol. The number of para-hydroxylation sites is 1. The number of benzene rings is 1. The second-order valence-electron chi connectivity index (χ2n) is 3.50. The summed E-state index contributed by atoms with van der Waals surface area (Å²) in [4.78, 5) is 0. The van der Waals surface area contributed by atoms with E-state index in [1.165, 1.54) is 5.56 Å². The van der Waals surface area contributed by atoms with Crippen molar-refractivity contribution in [1.29, 1.82) is 0 Å². The molecular formula is C14H19NO. The monoisotopic (exact) mass is 217 g/mol. The molecule has 0 atom stereocenters. The average molecular weight is 217 g/mol. The topological polar surface area (TPSA) is 21.3 Å². The Labute approximate surface area is 98.0 Å². The second kappa shape index (κ2) is 7.78. The first kappa shape index (κ1) is 12.6. The maximum Gasteiger partial charge on any atom is 0.149 e. The Morgan fingerprint density at radius 1 is 1.31 bits per heavy atom. The maximum absolute atomic E-state index is 5.59. The van der Waals surface area contributed by atoms with Crippen LogP contribution in [-0.4, -0.2) is 13.2 Å². The van der Waals surface area contributed by atoms with E-state index in [0.29, 0.717) is 6.61 Å². The van der Waals surface area contributed by atoms with Crippen molar-refractivity contribution in [2.45, 2.75) is 26.8 Å². The van der Waals surface area contributed by atoms with E-state index in [9.17, 15) is 0 Å². The first-order chi connectivity index (χ1) is 7.88. The second-order valence-corrected chi connectivity index (χ2v) is 3.50. The summed E-state index contributed by atoms with van der Waals surface area (Å²) in [6, 6.07) is 8.08. The molecule has 0 heterocycles. The Bertz CT molecular complexity index is 362. The molecule has 1 aromatic rings. The van der Waals surface area contributed by atoms with Gasteiger partial charge in [-0.2, -0.15) is 0 Å². The van der Waals surface area contributed by atoms with E-state index in [0.717, 1.165) is 25.3 Å². The predicted octanol–water partition coefficient (Wildman–Crippen LogP) is 2.59. The summed E-state index contributed by atoms with van der Waals surface area (Å²) in [7, 11) is 0. The fraction of sp³-hybridized carbons (Fsp3) is 0.429. The lowest BCUT2D eigenvalue weighted by Crippen LogP contribution is -2.14. The Morgan fingerprint density at radius 3 is 2.88 bits per heavy atom. The van der Waals surface area contributed by atoms with Crippen LogP contribution in [0.2, 0.25) is 0 Å². The molecule has 2 nitrogen and oxygen atoms in total. The van der Waals surface area contributed by atoms with Gasteiger partial charge in [0.05, 0.1) is 0 Å². The molecule has 0 saturated heterocycles. The van der Waals surface area contributed by atoms with Gasteiger partial charge in [-0.05, 0) is 26.0 Å². The van der Waals surface area contributed by atoms with Gasteiger partial charge in [-0.15, -0.1) is 5.92 Å². The lowest BCUT2D eigenvalue weighted by atomic mass is 10.2. The molecule has 2 heteroatoms. The molecule has 0 aliphatic carbocycles. The molecule has 1 aromatic carbocycles. The number of hydrogen-bond acceptors (Lipinski definition) is 2. The van der Waals surface area contributed by atoms with Crippen molar-refractivity contribution in [3.05, 3.63) is 29.8 Å². The van der Waals surface area contributed by atoms with Crippen LogP contribution in [0.4, 0.5) is 0 Å². The summed E-state index contributed by atoms with van der Waals surface area (Å²) in [6.45, 7) is 6.32. The first-order valence-corrected chi connectivity index (χ1v) is 5.69.